The molecule has 0 heterocycles. The second-order valence-corrected chi connectivity index (χ2v) is 3.61. The Balaban J connectivity index is 3.84. The molecule has 0 saturated carbocycles. The number of nitrogens with zero attached hydrogens (tertiary/aromatic N) is 1. The van der Waals surface area contributed by atoms with E-state index in [0.717, 1.165) is 6.42 Å². The van der Waals surface area contributed by atoms with E-state index in [1.807, 2.05) is 6.92 Å². The van der Waals surface area contributed by atoms with Gasteiger partial charge in [0.1, 0.15) is 0 Å². The summed E-state index contributed by atoms with van der Waals surface area (Å²) < 4.78 is 0. The molecule has 0 bridgehead atoms. The van der Waals surface area contributed by atoms with E-state index in [-0.39, 0.29) is 24.9 Å². The average Bonchev–Trinajstić information content (AvgIpc) is 2.24. The van der Waals surface area contributed by atoms with Gasteiger partial charge in [0.25, 0.3) is 0 Å². The van der Waals surface area contributed by atoms with Crippen molar-refractivity contribution in [3.63, 3.8) is 0 Å². The summed E-state index contributed by atoms with van der Waals surface area (Å²) in [5.41, 5.74) is 0. The topological polar surface area (TPSA) is 61.4 Å². The second-order valence-electron chi connectivity index (χ2n) is 3.61. The third kappa shape index (κ3) is 6.06. The molecule has 2 N–H and O–H groups in total. The largest absolute Gasteiger partial charge is 0.358 e. The van der Waals surface area contributed by atoms with Gasteiger partial charge in [0.2, 0.25) is 11.8 Å². The van der Waals surface area contributed by atoms with E-state index in [2.05, 4.69) is 17.6 Å². The van der Waals surface area contributed by atoms with Crippen LogP contribution in [0.5, 0.6) is 0 Å². The van der Waals surface area contributed by atoms with Crippen molar-refractivity contribution < 1.29 is 9.59 Å². The third-order valence-corrected chi connectivity index (χ3v) is 2.30. The molecule has 15 heavy (non-hydrogen) atoms. The van der Waals surface area contributed by atoms with Crippen molar-refractivity contribution in [2.75, 3.05) is 27.2 Å². The fraction of sp³-hybridized carbons (Fsp3) is 0.800. The van der Waals surface area contributed by atoms with E-state index >= 15 is 0 Å². The van der Waals surface area contributed by atoms with Crippen LogP contribution in [0.15, 0.2) is 0 Å². The molecule has 0 aromatic rings. The first kappa shape index (κ1) is 13.9. The molecular formula is C10H21N3O2. The van der Waals surface area contributed by atoms with Gasteiger partial charge in [-0.3, -0.25) is 9.59 Å². The van der Waals surface area contributed by atoms with Crippen molar-refractivity contribution in [3.05, 3.63) is 0 Å². The Morgan fingerprint density at radius 2 is 2.00 bits per heavy atom. The number of hydrogen-bond acceptors (Lipinski definition) is 3. The molecule has 0 fully saturated rings. The number of likely N-dealkylation sites (N-methyl/N-ethyl adjacent to an activating group) is 2. The van der Waals surface area contributed by atoms with E-state index in [1.165, 1.54) is 4.90 Å². The van der Waals surface area contributed by atoms with Crippen molar-refractivity contribution in [2.45, 2.75) is 26.3 Å². The van der Waals surface area contributed by atoms with Gasteiger partial charge in [0.05, 0.1) is 13.1 Å². The number of carbonyl (C=O) groups is 2. The molecule has 0 radical (unpaired) electrons. The lowest BCUT2D eigenvalue weighted by atomic mass is 10.2. The summed E-state index contributed by atoms with van der Waals surface area (Å²) in [5.74, 6) is -0.228. The molecule has 0 spiro atoms. The van der Waals surface area contributed by atoms with Gasteiger partial charge in [-0.15, -0.1) is 0 Å². The van der Waals surface area contributed by atoms with Crippen molar-refractivity contribution >= 4 is 11.8 Å². The van der Waals surface area contributed by atoms with Crippen LogP contribution in [0.4, 0.5) is 0 Å². The number of nitrogens with one attached hydrogen (secondary N) is 2. The Bertz CT molecular complexity index is 219. The molecule has 1 unspecified atom stereocenters. The monoisotopic (exact) mass is 215 g/mol. The number of rotatable bonds is 6. The van der Waals surface area contributed by atoms with Gasteiger partial charge in [-0.25, -0.2) is 0 Å². The van der Waals surface area contributed by atoms with E-state index in [0.29, 0.717) is 6.04 Å². The highest BCUT2D eigenvalue weighted by molar-refractivity contribution is 5.85. The molecule has 0 rings (SSSR count). The van der Waals surface area contributed by atoms with Gasteiger partial charge in [0, 0.05) is 20.1 Å². The molecule has 88 valence electrons. The predicted octanol–water partition coefficient (Wildman–Crippen LogP) is -0.421. The highest BCUT2D eigenvalue weighted by Gasteiger charge is 2.12. The van der Waals surface area contributed by atoms with E-state index < -0.39 is 0 Å². The van der Waals surface area contributed by atoms with Crippen LogP contribution in [-0.2, 0) is 9.59 Å². The summed E-state index contributed by atoms with van der Waals surface area (Å²) >= 11 is 0. The molecule has 2 amide bonds. The SMILES string of the molecule is CCC(C)NCC(=O)N(C)CC(=O)NC. The Kier molecular flexibility index (Phi) is 6.70. The molecular weight excluding hydrogens is 194 g/mol. The zero-order chi connectivity index (χ0) is 11.8. The van der Waals surface area contributed by atoms with Crippen LogP contribution in [0.2, 0.25) is 0 Å². The van der Waals surface area contributed by atoms with Crippen molar-refractivity contribution in [2.24, 2.45) is 0 Å². The highest BCUT2D eigenvalue weighted by Crippen LogP contribution is 1.89. The molecule has 1 atom stereocenters. The van der Waals surface area contributed by atoms with Crippen molar-refractivity contribution in [1.82, 2.24) is 15.5 Å². The molecule has 0 aromatic heterocycles. The summed E-state index contributed by atoms with van der Waals surface area (Å²) in [6.07, 6.45) is 0.979. The van der Waals surface area contributed by atoms with Gasteiger partial charge in [-0.1, -0.05) is 6.92 Å². The number of hydrogen-bond donors (Lipinski definition) is 2. The average molecular weight is 215 g/mol. The minimum atomic E-state index is -0.158. The lowest BCUT2D eigenvalue weighted by Crippen LogP contribution is -2.42. The zero-order valence-corrected chi connectivity index (χ0v) is 9.96. The van der Waals surface area contributed by atoms with Crippen molar-refractivity contribution in [3.8, 4) is 0 Å². The fourth-order valence-corrected chi connectivity index (χ4v) is 0.923. The smallest absolute Gasteiger partial charge is 0.239 e. The van der Waals surface area contributed by atoms with Crippen LogP contribution in [0.25, 0.3) is 0 Å². The summed E-state index contributed by atoms with van der Waals surface area (Å²) in [5, 5.41) is 5.55. The maximum absolute atomic E-state index is 11.5. The van der Waals surface area contributed by atoms with Gasteiger partial charge < -0.3 is 15.5 Å². The first-order valence-electron chi connectivity index (χ1n) is 5.19. The standard InChI is InChI=1S/C10H21N3O2/c1-5-8(2)12-6-10(15)13(4)7-9(14)11-3/h8,12H,5-7H2,1-4H3,(H,11,14). The summed E-state index contributed by atoms with van der Waals surface area (Å²) in [6.45, 7) is 4.46. The Morgan fingerprint density at radius 1 is 1.40 bits per heavy atom. The Hall–Kier alpha value is -1.10. The van der Waals surface area contributed by atoms with Gasteiger partial charge in [0.15, 0.2) is 0 Å². The van der Waals surface area contributed by atoms with Crippen LogP contribution in [-0.4, -0.2) is 49.9 Å². The quantitative estimate of drug-likeness (QED) is 0.632. The van der Waals surface area contributed by atoms with E-state index in [9.17, 15) is 9.59 Å². The maximum Gasteiger partial charge on any atom is 0.239 e. The van der Waals surface area contributed by atoms with Gasteiger partial charge in [-0.2, -0.15) is 0 Å². The summed E-state index contributed by atoms with van der Waals surface area (Å²) in [6, 6.07) is 0.322. The van der Waals surface area contributed by atoms with Crippen LogP contribution in [0, 0.1) is 0 Å². The van der Waals surface area contributed by atoms with Gasteiger partial charge >= 0.3 is 0 Å². The van der Waals surface area contributed by atoms with Crippen LogP contribution in [0.1, 0.15) is 20.3 Å². The lowest BCUT2D eigenvalue weighted by molar-refractivity contribution is -0.133. The predicted molar refractivity (Wildman–Crippen MR) is 59.5 cm³/mol. The highest BCUT2D eigenvalue weighted by atomic mass is 16.2. The third-order valence-electron chi connectivity index (χ3n) is 2.30. The number of amides is 2. The minimum Gasteiger partial charge on any atom is -0.358 e. The molecule has 0 aliphatic heterocycles. The second kappa shape index (κ2) is 7.23. The van der Waals surface area contributed by atoms with Crippen LogP contribution >= 0.6 is 0 Å². The molecule has 0 aliphatic carbocycles. The minimum absolute atomic E-state index is 0.0705. The normalized spacial score (nSPS) is 12.0. The molecule has 0 saturated heterocycles. The van der Waals surface area contributed by atoms with Crippen molar-refractivity contribution in [1.29, 1.82) is 0 Å². The molecule has 5 nitrogen and oxygen atoms in total. The molecule has 0 aromatic carbocycles. The Morgan fingerprint density at radius 3 is 2.47 bits per heavy atom. The fourth-order valence-electron chi connectivity index (χ4n) is 0.923. The Labute approximate surface area is 91.2 Å². The van der Waals surface area contributed by atoms with Crippen LogP contribution in [0.3, 0.4) is 0 Å². The maximum atomic E-state index is 11.5. The van der Waals surface area contributed by atoms with Crippen LogP contribution < -0.4 is 10.6 Å². The van der Waals surface area contributed by atoms with E-state index in [4.69, 9.17) is 0 Å². The molecule has 0 aliphatic rings. The first-order valence-corrected chi connectivity index (χ1v) is 5.19. The summed E-state index contributed by atoms with van der Waals surface area (Å²) in [7, 11) is 3.17. The van der Waals surface area contributed by atoms with E-state index in [1.54, 1.807) is 14.1 Å². The lowest BCUT2D eigenvalue weighted by Gasteiger charge is -2.18. The molecule has 5 heteroatoms. The summed E-state index contributed by atoms with van der Waals surface area (Å²) in [4.78, 5) is 23.9. The first-order chi connectivity index (χ1) is 7.01. The zero-order valence-electron chi connectivity index (χ0n) is 9.96. The van der Waals surface area contributed by atoms with Gasteiger partial charge in [-0.05, 0) is 13.3 Å². The number of carbonyl (C=O) groups excluding carboxylic acids is 2.